The minimum atomic E-state index is 0.230. The molecule has 2 rings (SSSR count). The molecular weight excluding hydrogens is 236 g/mol. The Hall–Kier alpha value is -1.22. The third kappa shape index (κ3) is 2.71. The smallest absolute Gasteiger partial charge is 0.142 e. The third-order valence-electron chi connectivity index (χ3n) is 4.53. The van der Waals surface area contributed by atoms with E-state index >= 15 is 0 Å². The summed E-state index contributed by atoms with van der Waals surface area (Å²) in [6.45, 7) is 8.88. The maximum absolute atomic E-state index is 5.52. The van der Waals surface area contributed by atoms with Gasteiger partial charge in [0.1, 0.15) is 5.75 Å². The van der Waals surface area contributed by atoms with Crippen LogP contribution in [0, 0.1) is 0 Å². The van der Waals surface area contributed by atoms with Gasteiger partial charge in [0.2, 0.25) is 0 Å². The molecule has 106 valence electrons. The molecule has 19 heavy (non-hydrogen) atoms. The number of benzene rings is 1. The monoisotopic (exact) mass is 262 g/mol. The van der Waals surface area contributed by atoms with Crippen molar-refractivity contribution in [3.63, 3.8) is 0 Å². The molecule has 1 heterocycles. The second-order valence-corrected chi connectivity index (χ2v) is 5.52. The van der Waals surface area contributed by atoms with Crippen LogP contribution in [0.25, 0.3) is 0 Å². The molecule has 1 aromatic carbocycles. The molecule has 1 unspecified atom stereocenters. The van der Waals surface area contributed by atoms with E-state index in [1.165, 1.54) is 5.69 Å². The van der Waals surface area contributed by atoms with Crippen molar-refractivity contribution in [2.75, 3.05) is 25.1 Å². The van der Waals surface area contributed by atoms with Crippen molar-refractivity contribution in [2.45, 2.75) is 45.2 Å². The van der Waals surface area contributed by atoms with Crippen LogP contribution in [0.1, 0.15) is 33.6 Å². The van der Waals surface area contributed by atoms with Gasteiger partial charge in [0.25, 0.3) is 0 Å². The molecule has 3 heteroatoms. The lowest BCUT2D eigenvalue weighted by atomic mass is 9.88. The van der Waals surface area contributed by atoms with Crippen LogP contribution < -0.4 is 15.0 Å². The number of methoxy groups -OCH3 is 1. The summed E-state index contributed by atoms with van der Waals surface area (Å²) < 4.78 is 5.52. The molecule has 0 aliphatic carbocycles. The number of piperazine rings is 1. The van der Waals surface area contributed by atoms with Crippen LogP contribution in [0.2, 0.25) is 0 Å². The Balaban J connectivity index is 2.31. The van der Waals surface area contributed by atoms with Crippen molar-refractivity contribution >= 4 is 5.69 Å². The molecule has 1 saturated heterocycles. The van der Waals surface area contributed by atoms with E-state index in [9.17, 15) is 0 Å². The van der Waals surface area contributed by atoms with Crippen molar-refractivity contribution in [3.8, 4) is 5.75 Å². The molecule has 1 aliphatic rings. The highest BCUT2D eigenvalue weighted by Gasteiger charge is 2.35. The van der Waals surface area contributed by atoms with E-state index < -0.39 is 0 Å². The number of ether oxygens (including phenoxy) is 1. The normalized spacial score (nSPS) is 22.3. The second kappa shape index (κ2) is 5.83. The van der Waals surface area contributed by atoms with E-state index in [1.807, 2.05) is 12.1 Å². The quantitative estimate of drug-likeness (QED) is 0.902. The van der Waals surface area contributed by atoms with Gasteiger partial charge in [-0.15, -0.1) is 0 Å². The summed E-state index contributed by atoms with van der Waals surface area (Å²) in [6.07, 6.45) is 2.31. The van der Waals surface area contributed by atoms with E-state index in [0.29, 0.717) is 6.04 Å². The molecule has 3 nitrogen and oxygen atoms in total. The summed E-state index contributed by atoms with van der Waals surface area (Å²) in [6, 6.07) is 8.82. The van der Waals surface area contributed by atoms with Crippen LogP contribution in [-0.2, 0) is 0 Å². The number of anilines is 1. The number of rotatable bonds is 4. The first-order valence-corrected chi connectivity index (χ1v) is 7.30. The van der Waals surface area contributed by atoms with Crippen molar-refractivity contribution in [1.29, 1.82) is 0 Å². The van der Waals surface area contributed by atoms with Gasteiger partial charge in [0.15, 0.2) is 0 Å². The van der Waals surface area contributed by atoms with Gasteiger partial charge < -0.3 is 15.0 Å². The topological polar surface area (TPSA) is 24.5 Å². The molecule has 0 saturated carbocycles. The van der Waals surface area contributed by atoms with Crippen molar-refractivity contribution in [3.05, 3.63) is 24.3 Å². The molecule has 1 aromatic rings. The highest BCUT2D eigenvalue weighted by molar-refractivity contribution is 5.59. The van der Waals surface area contributed by atoms with E-state index in [4.69, 9.17) is 4.74 Å². The average Bonchev–Trinajstić information content (AvgIpc) is 2.48. The molecule has 0 amide bonds. The fourth-order valence-electron chi connectivity index (χ4n) is 2.93. The predicted octanol–water partition coefficient (Wildman–Crippen LogP) is 3.05. The summed E-state index contributed by atoms with van der Waals surface area (Å²) >= 11 is 0. The van der Waals surface area contributed by atoms with Crippen LogP contribution in [0.4, 0.5) is 5.69 Å². The van der Waals surface area contributed by atoms with Crippen molar-refractivity contribution in [2.24, 2.45) is 0 Å². The van der Waals surface area contributed by atoms with Gasteiger partial charge in [0, 0.05) is 24.7 Å². The van der Waals surface area contributed by atoms with Crippen LogP contribution in [0.5, 0.6) is 5.75 Å². The number of hydrogen-bond acceptors (Lipinski definition) is 3. The summed E-state index contributed by atoms with van der Waals surface area (Å²) in [5.74, 6) is 0.970. The first-order chi connectivity index (χ1) is 9.15. The van der Waals surface area contributed by atoms with E-state index in [-0.39, 0.29) is 5.54 Å². The maximum Gasteiger partial charge on any atom is 0.142 e. The summed E-state index contributed by atoms with van der Waals surface area (Å²) in [5.41, 5.74) is 1.44. The van der Waals surface area contributed by atoms with Gasteiger partial charge >= 0.3 is 0 Å². The Kier molecular flexibility index (Phi) is 4.35. The number of hydrogen-bond donors (Lipinski definition) is 1. The van der Waals surface area contributed by atoms with Crippen molar-refractivity contribution in [1.82, 2.24) is 5.32 Å². The summed E-state index contributed by atoms with van der Waals surface area (Å²) in [7, 11) is 1.75. The van der Waals surface area contributed by atoms with Crippen LogP contribution >= 0.6 is 0 Å². The molecule has 1 fully saturated rings. The third-order valence-corrected chi connectivity index (χ3v) is 4.53. The van der Waals surface area contributed by atoms with Gasteiger partial charge in [-0.25, -0.2) is 0 Å². The molecule has 0 aromatic heterocycles. The molecule has 1 aliphatic heterocycles. The lowest BCUT2D eigenvalue weighted by Gasteiger charge is -2.47. The van der Waals surface area contributed by atoms with Gasteiger partial charge in [-0.2, -0.15) is 0 Å². The Morgan fingerprint density at radius 2 is 2.00 bits per heavy atom. The molecule has 0 bridgehead atoms. The Morgan fingerprint density at radius 1 is 1.32 bits per heavy atom. The summed E-state index contributed by atoms with van der Waals surface area (Å²) in [5, 5.41) is 3.74. The number of nitrogens with one attached hydrogen (secondary N) is 1. The van der Waals surface area contributed by atoms with Gasteiger partial charge in [-0.3, -0.25) is 0 Å². The molecule has 1 atom stereocenters. The Labute approximate surface area is 116 Å². The zero-order valence-corrected chi connectivity index (χ0v) is 12.6. The fraction of sp³-hybridized carbons (Fsp3) is 0.625. The number of nitrogens with zero attached hydrogens (tertiary/aromatic N) is 1. The molecule has 1 N–H and O–H groups in total. The SMILES string of the molecule is CCC1(CC)CN(c2ccccc2OC)C(C)CN1. The lowest BCUT2D eigenvalue weighted by molar-refractivity contribution is 0.252. The van der Waals surface area contributed by atoms with E-state index in [2.05, 4.69) is 43.1 Å². The predicted molar refractivity (Wildman–Crippen MR) is 81.1 cm³/mol. The highest BCUT2D eigenvalue weighted by atomic mass is 16.5. The minimum Gasteiger partial charge on any atom is -0.495 e. The van der Waals surface area contributed by atoms with Gasteiger partial charge in [-0.1, -0.05) is 26.0 Å². The average molecular weight is 262 g/mol. The highest BCUT2D eigenvalue weighted by Crippen LogP contribution is 2.33. The second-order valence-electron chi connectivity index (χ2n) is 5.52. The standard InChI is InChI=1S/C16H26N2O/c1-5-16(6-2)12-18(13(3)11-17-16)14-9-7-8-10-15(14)19-4/h7-10,13,17H,5-6,11-12H2,1-4H3. The van der Waals surface area contributed by atoms with Crippen LogP contribution in [0.15, 0.2) is 24.3 Å². The van der Waals surface area contributed by atoms with Crippen LogP contribution in [0.3, 0.4) is 0 Å². The van der Waals surface area contributed by atoms with E-state index in [0.717, 1.165) is 31.7 Å². The minimum absolute atomic E-state index is 0.230. The summed E-state index contributed by atoms with van der Waals surface area (Å²) in [4.78, 5) is 2.49. The Bertz CT molecular complexity index is 415. The molecule has 0 spiro atoms. The first kappa shape index (κ1) is 14.2. The maximum atomic E-state index is 5.52. The zero-order chi connectivity index (χ0) is 13.9. The first-order valence-electron chi connectivity index (χ1n) is 7.30. The Morgan fingerprint density at radius 3 is 2.63 bits per heavy atom. The van der Waals surface area contributed by atoms with E-state index in [1.54, 1.807) is 7.11 Å². The zero-order valence-electron chi connectivity index (χ0n) is 12.6. The molecule has 0 radical (unpaired) electrons. The van der Waals surface area contributed by atoms with Crippen LogP contribution in [-0.4, -0.2) is 31.8 Å². The van der Waals surface area contributed by atoms with Crippen molar-refractivity contribution < 1.29 is 4.74 Å². The fourth-order valence-corrected chi connectivity index (χ4v) is 2.93. The molecular formula is C16H26N2O. The van der Waals surface area contributed by atoms with Gasteiger partial charge in [0.05, 0.1) is 12.8 Å². The number of para-hydroxylation sites is 2. The largest absolute Gasteiger partial charge is 0.495 e. The van der Waals surface area contributed by atoms with Gasteiger partial charge in [-0.05, 0) is 31.9 Å². The lowest BCUT2D eigenvalue weighted by Crippen LogP contribution is -2.63.